The Labute approximate surface area is 96.5 Å². The molecule has 1 N–H and O–H groups in total. The molecule has 0 saturated carbocycles. The summed E-state index contributed by atoms with van der Waals surface area (Å²) in [5, 5.41) is 3.13. The lowest BCUT2D eigenvalue weighted by atomic mass is 10.1. The molecule has 0 radical (unpaired) electrons. The minimum absolute atomic E-state index is 0.261. The van der Waals surface area contributed by atoms with Crippen LogP contribution in [0.4, 0.5) is 5.69 Å². The fraction of sp³-hybridized carbons (Fsp3) is 0.462. The van der Waals surface area contributed by atoms with Crippen LogP contribution in [0.1, 0.15) is 12.5 Å². The van der Waals surface area contributed by atoms with E-state index in [1.54, 1.807) is 0 Å². The van der Waals surface area contributed by atoms with Crippen molar-refractivity contribution in [2.24, 2.45) is 0 Å². The molecule has 1 saturated heterocycles. The highest BCUT2D eigenvalue weighted by Gasteiger charge is 2.14. The molecule has 3 heteroatoms. The van der Waals surface area contributed by atoms with Crippen LogP contribution in [0.5, 0.6) is 0 Å². The van der Waals surface area contributed by atoms with Crippen LogP contribution in [0.15, 0.2) is 24.3 Å². The van der Waals surface area contributed by atoms with Crippen LogP contribution in [0.2, 0.25) is 0 Å². The Bertz CT molecular complexity index is 359. The van der Waals surface area contributed by atoms with Crippen LogP contribution in [0.3, 0.4) is 0 Å². The molecule has 1 aliphatic rings. The van der Waals surface area contributed by atoms with Crippen molar-refractivity contribution < 1.29 is 4.79 Å². The van der Waals surface area contributed by atoms with E-state index in [1.807, 2.05) is 0 Å². The van der Waals surface area contributed by atoms with Gasteiger partial charge in [0.2, 0.25) is 0 Å². The van der Waals surface area contributed by atoms with Gasteiger partial charge in [0.25, 0.3) is 0 Å². The molecule has 0 atom stereocenters. The normalized spacial score (nSPS) is 17.3. The molecule has 1 fully saturated rings. The van der Waals surface area contributed by atoms with Crippen molar-refractivity contribution in [3.63, 3.8) is 0 Å². The first-order valence-corrected chi connectivity index (χ1v) is 5.86. The van der Waals surface area contributed by atoms with Gasteiger partial charge in [0, 0.05) is 18.8 Å². The third kappa shape index (κ3) is 2.61. The molecule has 0 bridgehead atoms. The van der Waals surface area contributed by atoms with Crippen molar-refractivity contribution in [2.75, 3.05) is 31.1 Å². The van der Waals surface area contributed by atoms with E-state index in [-0.39, 0.29) is 5.78 Å². The van der Waals surface area contributed by atoms with E-state index in [9.17, 15) is 4.79 Å². The molecule has 86 valence electrons. The molecule has 1 aromatic rings. The number of carbonyl (C=O) groups is 1. The Balaban J connectivity index is 2.12. The maximum atomic E-state index is 11.5. The monoisotopic (exact) mass is 218 g/mol. The number of aryl methyl sites for hydroxylation is 1. The summed E-state index contributed by atoms with van der Waals surface area (Å²) in [4.78, 5) is 13.6. The molecule has 3 nitrogen and oxygen atoms in total. The number of nitrogens with zero attached hydrogens (tertiary/aromatic N) is 1. The number of ketones is 1. The van der Waals surface area contributed by atoms with Crippen molar-refractivity contribution >= 4 is 11.5 Å². The summed E-state index contributed by atoms with van der Waals surface area (Å²) in [5.74, 6) is 0.261. The number of hydrogen-bond donors (Lipinski definition) is 1. The predicted octanol–water partition coefficient (Wildman–Crippen LogP) is 1.23. The van der Waals surface area contributed by atoms with Crippen molar-refractivity contribution in [2.45, 2.75) is 13.3 Å². The van der Waals surface area contributed by atoms with Gasteiger partial charge in [0.05, 0.1) is 13.1 Å². The topological polar surface area (TPSA) is 32.3 Å². The average Bonchev–Trinajstić information content (AvgIpc) is 2.54. The third-order valence-corrected chi connectivity index (χ3v) is 2.96. The molecule has 2 rings (SSSR count). The first kappa shape index (κ1) is 11.1. The summed E-state index contributed by atoms with van der Waals surface area (Å²) >= 11 is 0. The Morgan fingerprint density at radius 1 is 1.31 bits per heavy atom. The molecular formula is C13H18N2O. The second-order valence-corrected chi connectivity index (χ2v) is 4.16. The van der Waals surface area contributed by atoms with Gasteiger partial charge >= 0.3 is 0 Å². The second kappa shape index (κ2) is 5.12. The van der Waals surface area contributed by atoms with Gasteiger partial charge in [-0.3, -0.25) is 4.79 Å². The van der Waals surface area contributed by atoms with Crippen LogP contribution >= 0.6 is 0 Å². The first-order chi connectivity index (χ1) is 7.79. The zero-order valence-electron chi connectivity index (χ0n) is 9.70. The van der Waals surface area contributed by atoms with E-state index in [2.05, 4.69) is 41.4 Å². The van der Waals surface area contributed by atoms with E-state index < -0.39 is 0 Å². The lowest BCUT2D eigenvalue weighted by Crippen LogP contribution is -2.29. The van der Waals surface area contributed by atoms with Crippen LogP contribution in [0, 0.1) is 0 Å². The van der Waals surface area contributed by atoms with Gasteiger partial charge in [-0.15, -0.1) is 0 Å². The Morgan fingerprint density at radius 2 is 2.06 bits per heavy atom. The molecule has 1 aromatic carbocycles. The number of rotatable bonds is 2. The number of anilines is 1. The molecule has 0 amide bonds. The number of benzene rings is 1. The van der Waals surface area contributed by atoms with Gasteiger partial charge < -0.3 is 10.2 Å². The molecule has 0 aliphatic carbocycles. The van der Waals surface area contributed by atoms with Crippen molar-refractivity contribution in [1.82, 2.24) is 5.32 Å². The third-order valence-electron chi connectivity index (χ3n) is 2.96. The Morgan fingerprint density at radius 3 is 2.75 bits per heavy atom. The number of carbonyl (C=O) groups excluding carboxylic acids is 1. The van der Waals surface area contributed by atoms with Gasteiger partial charge in [-0.2, -0.15) is 0 Å². The summed E-state index contributed by atoms with van der Waals surface area (Å²) in [6, 6.07) is 8.49. The first-order valence-electron chi connectivity index (χ1n) is 5.86. The highest BCUT2D eigenvalue weighted by molar-refractivity contribution is 5.85. The van der Waals surface area contributed by atoms with Crippen molar-refractivity contribution in [3.8, 4) is 0 Å². The van der Waals surface area contributed by atoms with Crippen LogP contribution in [-0.2, 0) is 11.2 Å². The van der Waals surface area contributed by atoms with Gasteiger partial charge in [-0.25, -0.2) is 0 Å². The Hall–Kier alpha value is -1.35. The summed E-state index contributed by atoms with van der Waals surface area (Å²) in [7, 11) is 0. The minimum atomic E-state index is 0.261. The van der Waals surface area contributed by atoms with Crippen molar-refractivity contribution in [3.05, 3.63) is 29.8 Å². The van der Waals surface area contributed by atoms with Crippen LogP contribution in [-0.4, -0.2) is 32.0 Å². The number of nitrogens with one attached hydrogen (secondary N) is 1. The van der Waals surface area contributed by atoms with Crippen molar-refractivity contribution in [1.29, 1.82) is 0 Å². The highest BCUT2D eigenvalue weighted by atomic mass is 16.1. The summed E-state index contributed by atoms with van der Waals surface area (Å²) < 4.78 is 0. The van der Waals surface area contributed by atoms with Gasteiger partial charge in [-0.1, -0.05) is 19.1 Å². The maximum Gasteiger partial charge on any atom is 0.165 e. The van der Waals surface area contributed by atoms with E-state index in [4.69, 9.17) is 0 Å². The van der Waals surface area contributed by atoms with Gasteiger partial charge in [-0.05, 0) is 24.1 Å². The molecule has 1 heterocycles. The second-order valence-electron chi connectivity index (χ2n) is 4.16. The fourth-order valence-corrected chi connectivity index (χ4v) is 1.95. The Kier molecular flexibility index (Phi) is 3.57. The number of Topliss-reactive ketones (excluding diaryl/α,β-unsaturated/α-hetero) is 1. The molecule has 1 aliphatic heterocycles. The largest absolute Gasteiger partial charge is 0.363 e. The lowest BCUT2D eigenvalue weighted by Gasteiger charge is -2.21. The van der Waals surface area contributed by atoms with E-state index in [0.717, 1.165) is 25.2 Å². The standard InChI is InChI=1S/C13H18N2O/c1-2-11-3-5-12(6-4-11)15-8-7-14-9-13(16)10-15/h3-6,14H,2,7-10H2,1H3. The molecular weight excluding hydrogens is 200 g/mol. The minimum Gasteiger partial charge on any atom is -0.363 e. The summed E-state index contributed by atoms with van der Waals surface area (Å²) in [6.07, 6.45) is 1.06. The van der Waals surface area contributed by atoms with E-state index >= 15 is 0 Å². The average molecular weight is 218 g/mol. The quantitative estimate of drug-likeness (QED) is 0.810. The van der Waals surface area contributed by atoms with E-state index in [0.29, 0.717) is 13.1 Å². The molecule has 0 spiro atoms. The molecule has 16 heavy (non-hydrogen) atoms. The zero-order valence-corrected chi connectivity index (χ0v) is 9.70. The number of hydrogen-bond acceptors (Lipinski definition) is 3. The highest BCUT2D eigenvalue weighted by Crippen LogP contribution is 2.15. The summed E-state index contributed by atoms with van der Waals surface area (Å²) in [5.41, 5.74) is 2.48. The zero-order chi connectivity index (χ0) is 11.4. The molecule has 0 unspecified atom stereocenters. The maximum absolute atomic E-state index is 11.5. The lowest BCUT2D eigenvalue weighted by molar-refractivity contribution is -0.116. The van der Waals surface area contributed by atoms with Gasteiger partial charge in [0.1, 0.15) is 0 Å². The smallest absolute Gasteiger partial charge is 0.165 e. The summed E-state index contributed by atoms with van der Waals surface area (Å²) in [6.45, 7) is 4.95. The van der Waals surface area contributed by atoms with Gasteiger partial charge in [0.15, 0.2) is 5.78 Å². The van der Waals surface area contributed by atoms with Crippen LogP contribution in [0.25, 0.3) is 0 Å². The predicted molar refractivity (Wildman–Crippen MR) is 65.9 cm³/mol. The van der Waals surface area contributed by atoms with Crippen LogP contribution < -0.4 is 10.2 Å². The fourth-order valence-electron chi connectivity index (χ4n) is 1.95. The SMILES string of the molecule is CCc1ccc(N2CCNCC(=O)C2)cc1. The van der Waals surface area contributed by atoms with E-state index in [1.165, 1.54) is 5.56 Å². The molecule has 0 aromatic heterocycles.